The number of nitrogens with zero attached hydrogens (tertiary/aromatic N) is 6. The van der Waals surface area contributed by atoms with Gasteiger partial charge in [-0.05, 0) is 43.0 Å². The Labute approximate surface area is 163 Å². The number of aromatic nitrogens is 7. The Morgan fingerprint density at radius 2 is 2.03 bits per heavy atom. The fourth-order valence-electron chi connectivity index (χ4n) is 3.30. The van der Waals surface area contributed by atoms with E-state index < -0.39 is 6.55 Å². The van der Waals surface area contributed by atoms with Crippen LogP contribution in [0, 0.1) is 5.92 Å². The molecule has 0 spiro atoms. The minimum atomic E-state index is -2.68. The number of hydrogen-bond acceptors (Lipinski definition) is 7. The molecule has 1 aromatic carbocycles. The van der Waals surface area contributed by atoms with Gasteiger partial charge in [-0.25, -0.2) is 4.68 Å². The molecule has 148 valence electrons. The monoisotopic (exact) mass is 397 g/mol. The van der Waals surface area contributed by atoms with E-state index in [4.69, 9.17) is 5.73 Å². The number of rotatable bonds is 6. The Hall–Kier alpha value is -3.63. The molecule has 29 heavy (non-hydrogen) atoms. The molecular weight excluding hydrogens is 380 g/mol. The summed E-state index contributed by atoms with van der Waals surface area (Å²) >= 11 is 0. The minimum Gasteiger partial charge on any atom is -0.368 e. The minimum absolute atomic E-state index is 0.0671. The molecule has 11 heteroatoms. The smallest absolute Gasteiger partial charge is 0.333 e. The first-order chi connectivity index (χ1) is 14.1. The van der Waals surface area contributed by atoms with Crippen molar-refractivity contribution in [2.45, 2.75) is 25.4 Å². The second kappa shape index (κ2) is 6.76. The third-order valence-electron chi connectivity index (χ3n) is 4.88. The maximum Gasteiger partial charge on any atom is 0.333 e. The molecular formula is C18H17F2N9. The highest BCUT2D eigenvalue weighted by Crippen LogP contribution is 2.42. The summed E-state index contributed by atoms with van der Waals surface area (Å²) in [5.74, 6) is 1.04. The molecule has 0 bridgehead atoms. The van der Waals surface area contributed by atoms with Gasteiger partial charge in [0.2, 0.25) is 11.9 Å². The van der Waals surface area contributed by atoms with Crippen molar-refractivity contribution < 1.29 is 8.78 Å². The molecule has 1 aliphatic rings. The Bertz CT molecular complexity index is 1170. The van der Waals surface area contributed by atoms with Gasteiger partial charge in [0.1, 0.15) is 0 Å². The summed E-state index contributed by atoms with van der Waals surface area (Å²) in [6, 6.07) is 6.96. The van der Waals surface area contributed by atoms with Gasteiger partial charge in [0.25, 0.3) is 0 Å². The van der Waals surface area contributed by atoms with Crippen molar-refractivity contribution in [3.05, 3.63) is 42.4 Å². The SMILES string of the molecule is Nc1nc(NC(c2ccn(C(F)F)n2)C2CC2)nc(-c2ccc3[nH]ncc3c2)n1. The first-order valence-corrected chi connectivity index (χ1v) is 9.11. The zero-order chi connectivity index (χ0) is 20.0. The second-order valence-electron chi connectivity index (χ2n) is 6.97. The number of nitrogens with two attached hydrogens (primary N) is 1. The predicted molar refractivity (Wildman–Crippen MR) is 102 cm³/mol. The van der Waals surface area contributed by atoms with Gasteiger partial charge in [0, 0.05) is 17.1 Å². The van der Waals surface area contributed by atoms with Crippen molar-refractivity contribution in [1.82, 2.24) is 34.9 Å². The number of aromatic amines is 1. The van der Waals surface area contributed by atoms with Crippen LogP contribution in [0.25, 0.3) is 22.3 Å². The van der Waals surface area contributed by atoms with Crippen LogP contribution in [-0.4, -0.2) is 34.9 Å². The lowest BCUT2D eigenvalue weighted by Crippen LogP contribution is -2.17. The van der Waals surface area contributed by atoms with Gasteiger partial charge in [0.15, 0.2) is 5.82 Å². The first-order valence-electron chi connectivity index (χ1n) is 9.11. The zero-order valence-corrected chi connectivity index (χ0v) is 15.1. The zero-order valence-electron chi connectivity index (χ0n) is 15.1. The average molecular weight is 397 g/mol. The number of H-pyrrole nitrogens is 1. The van der Waals surface area contributed by atoms with Crippen molar-refractivity contribution in [3.8, 4) is 11.4 Å². The molecule has 5 rings (SSSR count). The number of hydrogen-bond donors (Lipinski definition) is 3. The van der Waals surface area contributed by atoms with Crippen LogP contribution in [0.1, 0.15) is 31.1 Å². The number of halogens is 2. The normalized spacial score (nSPS) is 15.1. The number of fused-ring (bicyclic) bond motifs is 1. The second-order valence-corrected chi connectivity index (χ2v) is 6.97. The predicted octanol–water partition coefficient (Wildman–Crippen LogP) is 3.15. The molecule has 4 aromatic rings. The maximum atomic E-state index is 12.9. The van der Waals surface area contributed by atoms with Crippen LogP contribution in [0.3, 0.4) is 0 Å². The van der Waals surface area contributed by atoms with Crippen LogP contribution < -0.4 is 11.1 Å². The summed E-state index contributed by atoms with van der Waals surface area (Å²) in [4.78, 5) is 12.9. The molecule has 4 N–H and O–H groups in total. The molecule has 1 saturated carbocycles. The van der Waals surface area contributed by atoms with Gasteiger partial charge in [0.05, 0.1) is 23.4 Å². The lowest BCUT2D eigenvalue weighted by atomic mass is 10.1. The van der Waals surface area contributed by atoms with Gasteiger partial charge in [-0.3, -0.25) is 5.10 Å². The summed E-state index contributed by atoms with van der Waals surface area (Å²) in [7, 11) is 0. The van der Waals surface area contributed by atoms with Crippen molar-refractivity contribution >= 4 is 22.8 Å². The van der Waals surface area contributed by atoms with E-state index in [2.05, 4.69) is 35.6 Å². The molecule has 1 unspecified atom stereocenters. The van der Waals surface area contributed by atoms with E-state index in [-0.39, 0.29) is 23.9 Å². The van der Waals surface area contributed by atoms with E-state index in [0.29, 0.717) is 16.2 Å². The topological polar surface area (TPSA) is 123 Å². The van der Waals surface area contributed by atoms with Crippen LogP contribution in [0.15, 0.2) is 36.7 Å². The third kappa shape index (κ3) is 3.46. The highest BCUT2D eigenvalue weighted by Gasteiger charge is 2.35. The maximum absolute atomic E-state index is 12.9. The molecule has 3 aromatic heterocycles. The average Bonchev–Trinajstić information content (AvgIpc) is 3.23. The Balaban J connectivity index is 1.46. The molecule has 9 nitrogen and oxygen atoms in total. The van der Waals surface area contributed by atoms with Crippen LogP contribution in [0.5, 0.6) is 0 Å². The third-order valence-corrected chi connectivity index (χ3v) is 4.88. The molecule has 1 aliphatic carbocycles. The molecule has 0 saturated heterocycles. The molecule has 1 atom stereocenters. The lowest BCUT2D eigenvalue weighted by molar-refractivity contribution is 0.0560. The van der Waals surface area contributed by atoms with Crippen LogP contribution in [0.2, 0.25) is 0 Å². The van der Waals surface area contributed by atoms with Gasteiger partial charge >= 0.3 is 6.55 Å². The number of nitrogen functional groups attached to an aromatic ring is 1. The quantitative estimate of drug-likeness (QED) is 0.457. The Morgan fingerprint density at radius 3 is 2.79 bits per heavy atom. The molecule has 0 radical (unpaired) electrons. The van der Waals surface area contributed by atoms with E-state index in [0.717, 1.165) is 29.3 Å². The summed E-state index contributed by atoms with van der Waals surface area (Å²) in [5, 5.41) is 15.0. The van der Waals surface area contributed by atoms with Crippen molar-refractivity contribution in [3.63, 3.8) is 0 Å². The molecule has 3 heterocycles. The number of alkyl halides is 2. The molecule has 1 fully saturated rings. The van der Waals surface area contributed by atoms with E-state index in [9.17, 15) is 8.78 Å². The van der Waals surface area contributed by atoms with Crippen LogP contribution in [-0.2, 0) is 0 Å². The first kappa shape index (κ1) is 17.5. The molecule has 0 amide bonds. The van der Waals surface area contributed by atoms with E-state index in [1.807, 2.05) is 18.2 Å². The fourth-order valence-corrected chi connectivity index (χ4v) is 3.30. The lowest BCUT2D eigenvalue weighted by Gasteiger charge is -2.16. The highest BCUT2D eigenvalue weighted by molar-refractivity contribution is 5.82. The number of benzene rings is 1. The van der Waals surface area contributed by atoms with Crippen LogP contribution >= 0.6 is 0 Å². The number of nitrogens with one attached hydrogen (secondary N) is 2. The number of anilines is 2. The van der Waals surface area contributed by atoms with Crippen molar-refractivity contribution in [2.75, 3.05) is 11.1 Å². The van der Waals surface area contributed by atoms with Crippen LogP contribution in [0.4, 0.5) is 20.7 Å². The Morgan fingerprint density at radius 1 is 1.17 bits per heavy atom. The van der Waals surface area contributed by atoms with E-state index in [1.54, 1.807) is 12.3 Å². The van der Waals surface area contributed by atoms with Crippen molar-refractivity contribution in [2.24, 2.45) is 5.92 Å². The summed E-state index contributed by atoms with van der Waals surface area (Å²) < 4.78 is 26.4. The van der Waals surface area contributed by atoms with Gasteiger partial charge < -0.3 is 11.1 Å². The summed E-state index contributed by atoms with van der Waals surface area (Å²) in [5.41, 5.74) is 8.09. The van der Waals surface area contributed by atoms with Gasteiger partial charge in [-0.15, -0.1) is 0 Å². The van der Waals surface area contributed by atoms with E-state index in [1.165, 1.54) is 6.20 Å². The molecule has 0 aliphatic heterocycles. The standard InChI is InChI=1S/C18H17F2N9/c19-16(20)29-6-5-13(28-29)14(9-1-2-9)23-18-25-15(24-17(21)26-18)10-3-4-12-11(7-10)8-22-27-12/h3-9,14,16H,1-2H2,(H,22,27)(H3,21,23,24,25,26). The van der Waals surface area contributed by atoms with Gasteiger partial charge in [-0.2, -0.15) is 33.9 Å². The summed E-state index contributed by atoms with van der Waals surface area (Å²) in [6.07, 6.45) is 4.93. The largest absolute Gasteiger partial charge is 0.368 e. The Kier molecular flexibility index (Phi) is 4.07. The van der Waals surface area contributed by atoms with E-state index >= 15 is 0 Å². The van der Waals surface area contributed by atoms with Crippen molar-refractivity contribution in [1.29, 1.82) is 0 Å². The summed E-state index contributed by atoms with van der Waals surface area (Å²) in [6.45, 7) is -2.68. The fraction of sp³-hybridized carbons (Fsp3) is 0.278. The highest BCUT2D eigenvalue weighted by atomic mass is 19.3. The van der Waals surface area contributed by atoms with Gasteiger partial charge in [-0.1, -0.05) is 0 Å².